The van der Waals surface area contributed by atoms with Gasteiger partial charge in [-0.25, -0.2) is 19.9 Å². The summed E-state index contributed by atoms with van der Waals surface area (Å²) >= 11 is 0. The lowest BCUT2D eigenvalue weighted by Gasteiger charge is -2.27. The lowest BCUT2D eigenvalue weighted by Crippen LogP contribution is -2.14. The van der Waals surface area contributed by atoms with Crippen LogP contribution in [0.25, 0.3) is 11.3 Å². The van der Waals surface area contributed by atoms with Gasteiger partial charge in [-0.2, -0.15) is 0 Å². The fourth-order valence-electron chi connectivity index (χ4n) is 3.13. The van der Waals surface area contributed by atoms with Gasteiger partial charge in [0.25, 0.3) is 0 Å². The van der Waals surface area contributed by atoms with E-state index in [-0.39, 0.29) is 0 Å². The number of nitrogens with zero attached hydrogens (tertiary/aromatic N) is 4. The Morgan fingerprint density at radius 2 is 1.96 bits per heavy atom. The van der Waals surface area contributed by atoms with Gasteiger partial charge in [-0.15, -0.1) is 0 Å². The summed E-state index contributed by atoms with van der Waals surface area (Å²) in [5, 5.41) is 3.04. The number of nitrogen functional groups attached to an aromatic ring is 1. The van der Waals surface area contributed by atoms with E-state index >= 15 is 0 Å². The third-order valence-electron chi connectivity index (χ3n) is 4.91. The maximum atomic E-state index is 5.83. The minimum absolute atomic E-state index is 0.345. The van der Waals surface area contributed by atoms with Crippen LogP contribution in [0.2, 0.25) is 0 Å². The van der Waals surface area contributed by atoms with E-state index in [1.165, 1.54) is 37.7 Å². The highest BCUT2D eigenvalue weighted by atomic mass is 15.1. The van der Waals surface area contributed by atoms with Crippen molar-refractivity contribution in [3.63, 3.8) is 0 Å². The summed E-state index contributed by atoms with van der Waals surface area (Å²) in [4.78, 5) is 17.9. The Hall–Kier alpha value is -2.24. The van der Waals surface area contributed by atoms with Crippen LogP contribution in [0.1, 0.15) is 49.3 Å². The van der Waals surface area contributed by atoms with Gasteiger partial charge in [0.05, 0.1) is 11.4 Å². The summed E-state index contributed by atoms with van der Waals surface area (Å²) in [6.45, 7) is 0. The molecule has 0 amide bonds. The van der Waals surface area contributed by atoms with E-state index in [2.05, 4.69) is 20.3 Å². The molecule has 2 aromatic rings. The summed E-state index contributed by atoms with van der Waals surface area (Å²) < 4.78 is 0. The Balaban J connectivity index is 1.81. The summed E-state index contributed by atoms with van der Waals surface area (Å²) in [6.07, 6.45) is 11.0. The summed E-state index contributed by atoms with van der Waals surface area (Å²) in [5.74, 6) is 2.28. The largest absolute Gasteiger partial charge is 0.368 e. The van der Waals surface area contributed by atoms with Crippen molar-refractivity contribution in [2.45, 2.75) is 44.4 Å². The van der Waals surface area contributed by atoms with Crippen molar-refractivity contribution >= 4 is 11.9 Å². The molecule has 0 atom stereocenters. The second kappa shape index (κ2) is 5.76. The van der Waals surface area contributed by atoms with Crippen LogP contribution in [0, 0.1) is 5.92 Å². The third kappa shape index (κ3) is 2.85. The molecule has 0 radical (unpaired) electrons. The van der Waals surface area contributed by atoms with Gasteiger partial charge in [0.15, 0.2) is 0 Å². The minimum Gasteiger partial charge on any atom is -0.368 e. The highest BCUT2D eigenvalue weighted by Crippen LogP contribution is 2.42. The third-order valence-corrected chi connectivity index (χ3v) is 4.91. The molecule has 6 nitrogen and oxygen atoms in total. The van der Waals surface area contributed by atoms with Crippen molar-refractivity contribution in [2.24, 2.45) is 5.92 Å². The Labute approximate surface area is 136 Å². The molecule has 2 aliphatic rings. The first-order valence-corrected chi connectivity index (χ1v) is 8.41. The van der Waals surface area contributed by atoms with E-state index in [1.54, 1.807) is 0 Å². The van der Waals surface area contributed by atoms with Gasteiger partial charge in [0.1, 0.15) is 0 Å². The summed E-state index contributed by atoms with van der Waals surface area (Å²) in [6, 6.07) is 0. The average Bonchev–Trinajstić information content (AvgIpc) is 3.30. The van der Waals surface area contributed by atoms with E-state index in [0.717, 1.165) is 29.3 Å². The van der Waals surface area contributed by atoms with Gasteiger partial charge in [0.2, 0.25) is 11.9 Å². The molecular formula is C17H22N6. The molecule has 0 saturated heterocycles. The van der Waals surface area contributed by atoms with E-state index in [0.29, 0.717) is 17.8 Å². The molecular weight excluding hydrogens is 288 g/mol. The fourth-order valence-corrected chi connectivity index (χ4v) is 3.13. The van der Waals surface area contributed by atoms with Crippen molar-refractivity contribution in [1.82, 2.24) is 19.9 Å². The van der Waals surface area contributed by atoms with Crippen LogP contribution in [0.5, 0.6) is 0 Å². The van der Waals surface area contributed by atoms with E-state index in [1.807, 2.05) is 19.4 Å². The molecule has 0 bridgehead atoms. The molecule has 0 spiro atoms. The molecule has 2 saturated carbocycles. The molecule has 4 rings (SSSR count). The zero-order chi connectivity index (χ0) is 15.8. The highest BCUT2D eigenvalue weighted by molar-refractivity contribution is 5.67. The second-order valence-corrected chi connectivity index (χ2v) is 6.61. The molecule has 0 aliphatic heterocycles. The molecule has 2 fully saturated rings. The summed E-state index contributed by atoms with van der Waals surface area (Å²) in [5.41, 5.74) is 10.1. The monoisotopic (exact) mass is 310 g/mol. The van der Waals surface area contributed by atoms with Gasteiger partial charge in [-0.05, 0) is 43.9 Å². The lowest BCUT2D eigenvalue weighted by molar-refractivity contribution is 0.419. The van der Waals surface area contributed by atoms with E-state index in [9.17, 15) is 0 Å². The van der Waals surface area contributed by atoms with Crippen LogP contribution >= 0.6 is 0 Å². The number of aromatic nitrogens is 4. The molecule has 3 N–H and O–H groups in total. The van der Waals surface area contributed by atoms with Gasteiger partial charge in [-0.3, -0.25) is 0 Å². The first kappa shape index (κ1) is 14.4. The molecule has 2 aromatic heterocycles. The fraction of sp³-hybridized carbons (Fsp3) is 0.529. The molecule has 2 heterocycles. The molecule has 23 heavy (non-hydrogen) atoms. The predicted octanol–water partition coefficient (Wildman–Crippen LogP) is 2.78. The normalized spacial score (nSPS) is 17.8. The Morgan fingerprint density at radius 1 is 1.13 bits per heavy atom. The number of nitrogens with two attached hydrogens (primary N) is 1. The number of rotatable bonds is 5. The van der Waals surface area contributed by atoms with E-state index < -0.39 is 0 Å². The minimum atomic E-state index is 0.345. The smallest absolute Gasteiger partial charge is 0.222 e. The van der Waals surface area contributed by atoms with Gasteiger partial charge >= 0.3 is 0 Å². The molecule has 0 unspecified atom stereocenters. The number of nitrogens with one attached hydrogen (secondary N) is 1. The van der Waals surface area contributed by atoms with Crippen LogP contribution in [0.4, 0.5) is 11.9 Å². The highest BCUT2D eigenvalue weighted by Gasteiger charge is 2.28. The Bertz CT molecular complexity index is 721. The number of anilines is 2. The Morgan fingerprint density at radius 3 is 2.61 bits per heavy atom. The topological polar surface area (TPSA) is 89.6 Å². The quantitative estimate of drug-likeness (QED) is 0.882. The number of hydrogen-bond donors (Lipinski definition) is 2. The van der Waals surface area contributed by atoms with Crippen LogP contribution in [-0.2, 0) is 6.42 Å². The van der Waals surface area contributed by atoms with Crippen LogP contribution in [0.3, 0.4) is 0 Å². The van der Waals surface area contributed by atoms with Gasteiger partial charge in [-0.1, -0.05) is 6.42 Å². The van der Waals surface area contributed by atoms with Crippen LogP contribution in [-0.4, -0.2) is 27.0 Å². The van der Waals surface area contributed by atoms with Crippen LogP contribution < -0.4 is 11.1 Å². The molecule has 120 valence electrons. The zero-order valence-electron chi connectivity index (χ0n) is 13.4. The SMILES string of the molecule is CNc1ncc(C2CCC2)c(-c2cnc(N)nc2CC2CC2)n1. The maximum absolute atomic E-state index is 5.83. The van der Waals surface area contributed by atoms with Crippen molar-refractivity contribution in [3.8, 4) is 11.3 Å². The maximum Gasteiger partial charge on any atom is 0.222 e. The summed E-state index contributed by atoms with van der Waals surface area (Å²) in [7, 11) is 1.84. The first-order chi connectivity index (χ1) is 11.2. The first-order valence-electron chi connectivity index (χ1n) is 8.41. The second-order valence-electron chi connectivity index (χ2n) is 6.61. The van der Waals surface area contributed by atoms with Crippen molar-refractivity contribution in [2.75, 3.05) is 18.1 Å². The van der Waals surface area contributed by atoms with Gasteiger partial charge < -0.3 is 11.1 Å². The average molecular weight is 310 g/mol. The number of hydrogen-bond acceptors (Lipinski definition) is 6. The van der Waals surface area contributed by atoms with Crippen molar-refractivity contribution in [1.29, 1.82) is 0 Å². The lowest BCUT2D eigenvalue weighted by atomic mass is 9.79. The van der Waals surface area contributed by atoms with E-state index in [4.69, 9.17) is 10.7 Å². The Kier molecular flexibility index (Phi) is 3.59. The molecule has 2 aliphatic carbocycles. The van der Waals surface area contributed by atoms with Gasteiger partial charge in [0, 0.05) is 30.6 Å². The van der Waals surface area contributed by atoms with Crippen molar-refractivity contribution < 1.29 is 0 Å². The zero-order valence-corrected chi connectivity index (χ0v) is 13.4. The van der Waals surface area contributed by atoms with Crippen LogP contribution in [0.15, 0.2) is 12.4 Å². The van der Waals surface area contributed by atoms with Crippen molar-refractivity contribution in [3.05, 3.63) is 23.7 Å². The molecule has 0 aromatic carbocycles. The predicted molar refractivity (Wildman–Crippen MR) is 90.0 cm³/mol. The standard InChI is InChI=1S/C17H22N6/c1-19-17-21-8-12(11-3-2-4-11)15(23-17)13-9-20-16(18)22-14(13)7-10-5-6-10/h8-11H,2-7H2,1H3,(H2,18,20,22)(H,19,21,23). The molecule has 6 heteroatoms.